The van der Waals surface area contributed by atoms with Gasteiger partial charge in [0.05, 0.1) is 12.2 Å². The first-order valence-corrected chi connectivity index (χ1v) is 12.2. The van der Waals surface area contributed by atoms with E-state index < -0.39 is 6.04 Å². The van der Waals surface area contributed by atoms with Crippen molar-refractivity contribution >= 4 is 17.7 Å². The van der Waals surface area contributed by atoms with Crippen LogP contribution >= 0.6 is 0 Å². The number of rotatable bonds is 6. The molecular weight excluding hydrogens is 422 g/mol. The predicted molar refractivity (Wildman–Crippen MR) is 121 cm³/mol. The van der Waals surface area contributed by atoms with Crippen LogP contribution < -0.4 is 10.1 Å². The summed E-state index contributed by atoms with van der Waals surface area (Å²) in [4.78, 5) is 40.7. The molecule has 3 heterocycles. The van der Waals surface area contributed by atoms with Gasteiger partial charge >= 0.3 is 0 Å². The van der Waals surface area contributed by atoms with Gasteiger partial charge in [-0.1, -0.05) is 6.42 Å². The van der Waals surface area contributed by atoms with Crippen LogP contribution in [0.3, 0.4) is 0 Å². The van der Waals surface area contributed by atoms with Gasteiger partial charge in [0, 0.05) is 37.7 Å². The number of amides is 3. The molecule has 3 fully saturated rings. The number of piperidine rings is 1. The topological polar surface area (TPSA) is 88.2 Å². The van der Waals surface area contributed by atoms with Gasteiger partial charge in [0.15, 0.2) is 0 Å². The van der Waals surface area contributed by atoms with Gasteiger partial charge in [-0.05, 0) is 63.3 Å². The molecule has 1 aromatic carbocycles. The van der Waals surface area contributed by atoms with Crippen molar-refractivity contribution in [1.82, 2.24) is 15.1 Å². The minimum absolute atomic E-state index is 0.125. The normalized spacial score (nSPS) is 28.6. The Morgan fingerprint density at radius 3 is 2.61 bits per heavy atom. The molecule has 0 radical (unpaired) electrons. The van der Waals surface area contributed by atoms with Gasteiger partial charge in [-0.2, -0.15) is 0 Å². The van der Waals surface area contributed by atoms with Crippen molar-refractivity contribution in [2.75, 3.05) is 13.1 Å². The molecule has 1 N–H and O–H groups in total. The third-order valence-corrected chi connectivity index (χ3v) is 7.26. The van der Waals surface area contributed by atoms with Crippen molar-refractivity contribution in [2.45, 2.75) is 89.3 Å². The number of nitrogens with one attached hydrogen (secondary N) is 1. The number of ether oxygens (including phenoxy) is 2. The van der Waals surface area contributed by atoms with E-state index in [-0.39, 0.29) is 36.4 Å². The third kappa shape index (κ3) is 4.51. The molecule has 0 aromatic heterocycles. The summed E-state index contributed by atoms with van der Waals surface area (Å²) in [6.45, 7) is 6.45. The molecular formula is C25H33N3O5. The molecule has 3 atom stereocenters. The van der Waals surface area contributed by atoms with Crippen molar-refractivity contribution < 1.29 is 23.9 Å². The zero-order valence-corrected chi connectivity index (χ0v) is 19.4. The Hall–Kier alpha value is -2.45. The van der Waals surface area contributed by atoms with Gasteiger partial charge in [0.25, 0.3) is 5.91 Å². The fourth-order valence-corrected chi connectivity index (χ4v) is 5.64. The van der Waals surface area contributed by atoms with Crippen LogP contribution in [-0.4, -0.2) is 71.0 Å². The van der Waals surface area contributed by atoms with Crippen LogP contribution in [0.1, 0.15) is 68.3 Å². The van der Waals surface area contributed by atoms with Crippen molar-refractivity contribution in [3.8, 4) is 5.75 Å². The van der Waals surface area contributed by atoms with Crippen molar-refractivity contribution in [3.05, 3.63) is 29.3 Å². The lowest BCUT2D eigenvalue weighted by Crippen LogP contribution is -2.61. The number of imide groups is 1. The predicted octanol–water partition coefficient (Wildman–Crippen LogP) is 2.25. The van der Waals surface area contributed by atoms with Crippen LogP contribution in [0.5, 0.6) is 5.75 Å². The molecule has 2 saturated heterocycles. The van der Waals surface area contributed by atoms with E-state index in [1.54, 1.807) is 4.90 Å². The van der Waals surface area contributed by atoms with Crippen LogP contribution in [-0.2, 0) is 20.9 Å². The summed E-state index contributed by atoms with van der Waals surface area (Å²) in [5.41, 5.74) is 1.49. The molecule has 5 rings (SSSR count). The highest BCUT2D eigenvalue weighted by Gasteiger charge is 2.41. The lowest BCUT2D eigenvalue weighted by molar-refractivity contribution is -0.136. The summed E-state index contributed by atoms with van der Waals surface area (Å²) in [6.07, 6.45) is 5.86. The molecule has 3 aliphatic heterocycles. The number of carbonyl (C=O) groups is 3. The van der Waals surface area contributed by atoms with Crippen LogP contribution in [0.4, 0.5) is 0 Å². The molecule has 1 saturated carbocycles. The van der Waals surface area contributed by atoms with Crippen LogP contribution in [0.25, 0.3) is 0 Å². The minimum Gasteiger partial charge on any atom is -0.489 e. The Balaban J connectivity index is 1.24. The highest BCUT2D eigenvalue weighted by molar-refractivity contribution is 6.05. The smallest absolute Gasteiger partial charge is 0.255 e. The minimum atomic E-state index is -0.595. The molecule has 33 heavy (non-hydrogen) atoms. The molecule has 1 aromatic rings. The van der Waals surface area contributed by atoms with E-state index in [0.717, 1.165) is 43.7 Å². The zero-order chi connectivity index (χ0) is 23.1. The Kier molecular flexibility index (Phi) is 6.14. The summed E-state index contributed by atoms with van der Waals surface area (Å²) in [7, 11) is 0. The fraction of sp³-hybridized carbons (Fsp3) is 0.640. The van der Waals surface area contributed by atoms with E-state index in [4.69, 9.17) is 9.47 Å². The van der Waals surface area contributed by atoms with E-state index >= 15 is 0 Å². The molecule has 4 aliphatic rings. The Morgan fingerprint density at radius 1 is 1.06 bits per heavy atom. The molecule has 3 amide bonds. The number of fused-ring (bicyclic) bond motifs is 1. The SMILES string of the molecule is CC(C)OC1CN([C@@H]2CCCC[C@@H]2Oc2ccc3c(c2)CN(C2CCC(=O)NC2=O)C3=O)C1. The van der Waals surface area contributed by atoms with Gasteiger partial charge < -0.3 is 14.4 Å². The standard InChI is InChI=1S/C25H33N3O5/c1-15(2)32-18-13-27(14-18)20-5-3-4-6-22(20)33-17-7-8-19-16(11-17)12-28(25(19)31)21-9-10-23(29)26-24(21)30/h7-8,11,15,18,20-22H,3-6,9-10,12-14H2,1-2H3,(H,26,29,30)/t20-,21?,22+/m1/s1. The van der Waals surface area contributed by atoms with Crippen LogP contribution in [0.2, 0.25) is 0 Å². The van der Waals surface area contributed by atoms with Crippen molar-refractivity contribution in [2.24, 2.45) is 0 Å². The molecule has 0 bridgehead atoms. The van der Waals surface area contributed by atoms with E-state index in [1.165, 1.54) is 6.42 Å². The summed E-state index contributed by atoms with van der Waals surface area (Å²) < 4.78 is 12.4. The Morgan fingerprint density at radius 2 is 1.85 bits per heavy atom. The molecule has 1 unspecified atom stereocenters. The number of hydrogen-bond acceptors (Lipinski definition) is 6. The maximum Gasteiger partial charge on any atom is 0.255 e. The first-order valence-electron chi connectivity index (χ1n) is 12.2. The summed E-state index contributed by atoms with van der Waals surface area (Å²) in [5.74, 6) is -0.0388. The largest absolute Gasteiger partial charge is 0.489 e. The first kappa shape index (κ1) is 22.3. The second-order valence-electron chi connectivity index (χ2n) is 9.99. The van der Waals surface area contributed by atoms with E-state index in [1.807, 2.05) is 18.2 Å². The van der Waals surface area contributed by atoms with Gasteiger partial charge in [-0.3, -0.25) is 24.6 Å². The molecule has 178 valence electrons. The monoisotopic (exact) mass is 455 g/mol. The fourth-order valence-electron chi connectivity index (χ4n) is 5.64. The molecule has 8 heteroatoms. The molecule has 0 spiro atoms. The van der Waals surface area contributed by atoms with E-state index in [2.05, 4.69) is 24.1 Å². The van der Waals surface area contributed by atoms with E-state index in [0.29, 0.717) is 30.7 Å². The highest BCUT2D eigenvalue weighted by Crippen LogP contribution is 2.34. The van der Waals surface area contributed by atoms with Crippen molar-refractivity contribution in [3.63, 3.8) is 0 Å². The van der Waals surface area contributed by atoms with Gasteiger partial charge in [0.2, 0.25) is 11.8 Å². The van der Waals surface area contributed by atoms with Crippen LogP contribution in [0.15, 0.2) is 18.2 Å². The molecule has 1 aliphatic carbocycles. The Labute approximate surface area is 194 Å². The molecule has 8 nitrogen and oxygen atoms in total. The summed E-state index contributed by atoms with van der Waals surface area (Å²) in [5, 5.41) is 2.35. The number of nitrogens with zero attached hydrogens (tertiary/aromatic N) is 2. The second kappa shape index (κ2) is 9.06. The number of benzene rings is 1. The van der Waals surface area contributed by atoms with Crippen LogP contribution in [0, 0.1) is 0 Å². The summed E-state index contributed by atoms with van der Waals surface area (Å²) >= 11 is 0. The lowest BCUT2D eigenvalue weighted by Gasteiger charge is -2.48. The zero-order valence-electron chi connectivity index (χ0n) is 19.4. The third-order valence-electron chi connectivity index (χ3n) is 7.26. The number of carbonyl (C=O) groups excluding carboxylic acids is 3. The van der Waals surface area contributed by atoms with Gasteiger partial charge in [-0.25, -0.2) is 0 Å². The van der Waals surface area contributed by atoms with Gasteiger partial charge in [-0.15, -0.1) is 0 Å². The maximum absolute atomic E-state index is 12.9. The second-order valence-corrected chi connectivity index (χ2v) is 9.99. The average molecular weight is 456 g/mol. The quantitative estimate of drug-likeness (QED) is 0.662. The Bertz CT molecular complexity index is 942. The lowest BCUT2D eigenvalue weighted by atomic mass is 9.89. The van der Waals surface area contributed by atoms with Gasteiger partial charge in [0.1, 0.15) is 17.9 Å². The highest BCUT2D eigenvalue weighted by atomic mass is 16.5. The summed E-state index contributed by atoms with van der Waals surface area (Å²) in [6, 6.07) is 5.43. The average Bonchev–Trinajstić information content (AvgIpc) is 3.06. The first-order chi connectivity index (χ1) is 15.9. The van der Waals surface area contributed by atoms with E-state index in [9.17, 15) is 14.4 Å². The number of hydrogen-bond donors (Lipinski definition) is 1. The van der Waals surface area contributed by atoms with Crippen molar-refractivity contribution in [1.29, 1.82) is 0 Å². The number of likely N-dealkylation sites (tertiary alicyclic amines) is 1. The maximum atomic E-state index is 12.9.